The number of carbonyl (C=O) groups is 1. The molecule has 3 aromatic carbocycles. The van der Waals surface area contributed by atoms with Crippen LogP contribution in [0.3, 0.4) is 0 Å². The average molecular weight is 459 g/mol. The van der Waals surface area contributed by atoms with Crippen LogP contribution >= 0.6 is 0 Å². The SMILES string of the molecule is O=C(NN=Cc1ccc(-c2cccc([N+](=O)[O-])c2)o1)c1ccc(OCc2ccc(F)cc2)cc1. The van der Waals surface area contributed by atoms with Crippen molar-refractivity contribution >= 4 is 17.8 Å². The van der Waals surface area contributed by atoms with Crippen LogP contribution in [0.5, 0.6) is 5.75 Å². The van der Waals surface area contributed by atoms with Gasteiger partial charge in [-0.1, -0.05) is 24.3 Å². The number of hydrogen-bond acceptors (Lipinski definition) is 6. The van der Waals surface area contributed by atoms with Crippen LogP contribution in [0.25, 0.3) is 11.3 Å². The first-order valence-electron chi connectivity index (χ1n) is 10.1. The predicted molar refractivity (Wildman–Crippen MR) is 123 cm³/mol. The minimum Gasteiger partial charge on any atom is -0.489 e. The number of halogens is 1. The quantitative estimate of drug-likeness (QED) is 0.218. The van der Waals surface area contributed by atoms with E-state index in [0.29, 0.717) is 28.4 Å². The van der Waals surface area contributed by atoms with Gasteiger partial charge in [-0.15, -0.1) is 0 Å². The molecule has 0 saturated heterocycles. The van der Waals surface area contributed by atoms with Gasteiger partial charge in [0.05, 0.1) is 11.1 Å². The number of amides is 1. The first-order chi connectivity index (χ1) is 16.5. The minimum atomic E-state index is -0.478. The molecule has 0 radical (unpaired) electrons. The van der Waals surface area contributed by atoms with Crippen molar-refractivity contribution < 1.29 is 23.3 Å². The van der Waals surface area contributed by atoms with Crippen LogP contribution in [0.2, 0.25) is 0 Å². The second-order valence-corrected chi connectivity index (χ2v) is 7.15. The van der Waals surface area contributed by atoms with Gasteiger partial charge < -0.3 is 9.15 Å². The highest BCUT2D eigenvalue weighted by atomic mass is 19.1. The Kier molecular flexibility index (Phi) is 6.73. The smallest absolute Gasteiger partial charge is 0.271 e. The summed E-state index contributed by atoms with van der Waals surface area (Å²) in [6, 6.07) is 21.9. The van der Waals surface area contributed by atoms with Crippen LogP contribution in [0, 0.1) is 15.9 Å². The molecule has 170 valence electrons. The van der Waals surface area contributed by atoms with Gasteiger partial charge in [-0.25, -0.2) is 9.82 Å². The van der Waals surface area contributed by atoms with Crippen molar-refractivity contribution in [3.63, 3.8) is 0 Å². The molecule has 0 aliphatic heterocycles. The Morgan fingerprint density at radius 1 is 1.06 bits per heavy atom. The van der Waals surface area contributed by atoms with Crippen LogP contribution in [0.1, 0.15) is 21.7 Å². The van der Waals surface area contributed by atoms with E-state index in [4.69, 9.17) is 9.15 Å². The fraction of sp³-hybridized carbons (Fsp3) is 0.0400. The monoisotopic (exact) mass is 459 g/mol. The van der Waals surface area contributed by atoms with Crippen molar-refractivity contribution in [1.29, 1.82) is 0 Å². The molecule has 4 aromatic rings. The zero-order valence-electron chi connectivity index (χ0n) is 17.7. The van der Waals surface area contributed by atoms with Crippen LogP contribution in [0.15, 0.2) is 94.4 Å². The van der Waals surface area contributed by atoms with Crippen molar-refractivity contribution in [2.24, 2.45) is 5.10 Å². The van der Waals surface area contributed by atoms with Gasteiger partial charge in [-0.3, -0.25) is 14.9 Å². The number of nitro benzene ring substituents is 1. The average Bonchev–Trinajstić information content (AvgIpc) is 3.33. The highest BCUT2D eigenvalue weighted by Gasteiger charge is 2.10. The third-order valence-corrected chi connectivity index (χ3v) is 4.76. The molecular weight excluding hydrogens is 441 g/mol. The maximum atomic E-state index is 12.9. The first-order valence-corrected chi connectivity index (χ1v) is 10.1. The van der Waals surface area contributed by atoms with E-state index in [9.17, 15) is 19.3 Å². The highest BCUT2D eigenvalue weighted by Crippen LogP contribution is 2.25. The number of nitrogens with zero attached hydrogens (tertiary/aromatic N) is 2. The van der Waals surface area contributed by atoms with Gasteiger partial charge in [0.1, 0.15) is 29.7 Å². The summed E-state index contributed by atoms with van der Waals surface area (Å²) in [6.07, 6.45) is 1.33. The second-order valence-electron chi connectivity index (χ2n) is 7.15. The lowest BCUT2D eigenvalue weighted by Crippen LogP contribution is -2.17. The zero-order valence-corrected chi connectivity index (χ0v) is 17.7. The Morgan fingerprint density at radius 2 is 1.82 bits per heavy atom. The Bertz CT molecular complexity index is 1330. The molecule has 0 saturated carbocycles. The van der Waals surface area contributed by atoms with E-state index < -0.39 is 10.8 Å². The summed E-state index contributed by atoms with van der Waals surface area (Å²) in [5, 5.41) is 14.8. The number of carbonyl (C=O) groups excluding carboxylic acids is 1. The molecule has 0 unspecified atom stereocenters. The van der Waals surface area contributed by atoms with Crippen molar-refractivity contribution in [1.82, 2.24) is 5.43 Å². The lowest BCUT2D eigenvalue weighted by molar-refractivity contribution is -0.384. The van der Waals surface area contributed by atoms with E-state index in [0.717, 1.165) is 5.56 Å². The number of benzene rings is 3. The van der Waals surface area contributed by atoms with Crippen LogP contribution in [0.4, 0.5) is 10.1 Å². The van der Waals surface area contributed by atoms with E-state index in [-0.39, 0.29) is 18.1 Å². The summed E-state index contributed by atoms with van der Waals surface area (Å²) >= 11 is 0. The van der Waals surface area contributed by atoms with E-state index in [1.807, 2.05) is 0 Å². The van der Waals surface area contributed by atoms with Crippen LogP contribution in [-0.4, -0.2) is 17.0 Å². The molecule has 1 amide bonds. The van der Waals surface area contributed by atoms with Crippen molar-refractivity contribution in [3.8, 4) is 17.1 Å². The molecule has 0 atom stereocenters. The second kappa shape index (κ2) is 10.2. The maximum Gasteiger partial charge on any atom is 0.271 e. The van der Waals surface area contributed by atoms with Crippen LogP contribution in [-0.2, 0) is 6.61 Å². The fourth-order valence-electron chi connectivity index (χ4n) is 3.02. The molecule has 34 heavy (non-hydrogen) atoms. The molecule has 4 rings (SSSR count). The largest absolute Gasteiger partial charge is 0.489 e. The Hall–Kier alpha value is -4.79. The minimum absolute atomic E-state index is 0.0387. The Morgan fingerprint density at radius 3 is 2.56 bits per heavy atom. The molecule has 1 aromatic heterocycles. The van der Waals surface area contributed by atoms with Crippen molar-refractivity contribution in [2.45, 2.75) is 6.61 Å². The lowest BCUT2D eigenvalue weighted by Gasteiger charge is -2.07. The van der Waals surface area contributed by atoms with Gasteiger partial charge in [0.25, 0.3) is 11.6 Å². The van der Waals surface area contributed by atoms with Gasteiger partial charge in [-0.05, 0) is 54.1 Å². The summed E-state index contributed by atoms with van der Waals surface area (Å²) in [6.45, 7) is 0.275. The standard InChI is InChI=1S/C25H18FN3O5/c26-20-8-4-17(5-9-20)16-33-22-10-6-18(7-11-22)25(30)28-27-15-23-12-13-24(34-23)19-2-1-3-21(14-19)29(31)32/h1-15H,16H2,(H,28,30). The number of hydrazone groups is 1. The number of non-ortho nitro benzene ring substituents is 1. The third-order valence-electron chi connectivity index (χ3n) is 4.76. The molecule has 0 aliphatic rings. The van der Waals surface area contributed by atoms with Crippen molar-refractivity contribution in [2.75, 3.05) is 0 Å². The van der Waals surface area contributed by atoms with Gasteiger partial charge in [0.2, 0.25) is 0 Å². The number of ether oxygens (including phenoxy) is 1. The topological polar surface area (TPSA) is 107 Å². The summed E-state index contributed by atoms with van der Waals surface area (Å²) in [7, 11) is 0. The number of rotatable bonds is 8. The third kappa shape index (κ3) is 5.71. The molecule has 0 bridgehead atoms. The van der Waals surface area contributed by atoms with Gasteiger partial charge in [0, 0.05) is 23.3 Å². The molecule has 0 aliphatic carbocycles. The number of nitro groups is 1. The summed E-state index contributed by atoms with van der Waals surface area (Å²) in [5.74, 6) is 0.635. The van der Waals surface area contributed by atoms with Gasteiger partial charge in [0.15, 0.2) is 0 Å². The van der Waals surface area contributed by atoms with E-state index >= 15 is 0 Å². The molecule has 1 N–H and O–H groups in total. The zero-order chi connectivity index (χ0) is 23.9. The van der Waals surface area contributed by atoms with E-state index in [2.05, 4.69) is 10.5 Å². The first kappa shape index (κ1) is 22.4. The number of hydrogen-bond donors (Lipinski definition) is 1. The maximum absolute atomic E-state index is 12.9. The molecule has 0 fully saturated rings. The van der Waals surface area contributed by atoms with Crippen molar-refractivity contribution in [3.05, 3.63) is 118 Å². The highest BCUT2D eigenvalue weighted by molar-refractivity contribution is 5.94. The Balaban J connectivity index is 1.31. The summed E-state index contributed by atoms with van der Waals surface area (Å²) in [4.78, 5) is 22.7. The molecule has 0 spiro atoms. The van der Waals surface area contributed by atoms with Gasteiger partial charge in [-0.2, -0.15) is 5.10 Å². The molecule has 9 heteroatoms. The Labute approximate surface area is 193 Å². The predicted octanol–water partition coefficient (Wildman–Crippen LogP) is 5.34. The van der Waals surface area contributed by atoms with E-state index in [1.54, 1.807) is 60.7 Å². The summed E-state index contributed by atoms with van der Waals surface area (Å²) in [5.41, 5.74) is 4.13. The van der Waals surface area contributed by atoms with E-state index in [1.165, 1.54) is 30.5 Å². The summed E-state index contributed by atoms with van der Waals surface area (Å²) < 4.78 is 24.2. The molecule has 1 heterocycles. The molecular formula is C25H18FN3O5. The number of nitrogens with one attached hydrogen (secondary N) is 1. The normalized spacial score (nSPS) is 10.9. The van der Waals surface area contributed by atoms with Crippen LogP contribution < -0.4 is 10.2 Å². The fourth-order valence-corrected chi connectivity index (χ4v) is 3.02. The lowest BCUT2D eigenvalue weighted by atomic mass is 10.1. The molecule has 8 nitrogen and oxygen atoms in total. The number of furan rings is 1. The van der Waals surface area contributed by atoms with Gasteiger partial charge >= 0.3 is 0 Å².